The van der Waals surface area contributed by atoms with E-state index in [4.69, 9.17) is 11.6 Å². The first-order valence-electron chi connectivity index (χ1n) is 10.4. The summed E-state index contributed by atoms with van der Waals surface area (Å²) in [6, 6.07) is 25.4. The number of rotatable bonds is 4. The van der Waals surface area contributed by atoms with Gasteiger partial charge in [0.1, 0.15) is 0 Å². The molecule has 5 rings (SSSR count). The molecule has 0 saturated carbocycles. The number of carbonyl (C=O) groups excluding carboxylic acids is 2. The van der Waals surface area contributed by atoms with Crippen molar-refractivity contribution in [1.29, 1.82) is 0 Å². The van der Waals surface area contributed by atoms with E-state index in [9.17, 15) is 9.59 Å². The molecule has 0 aromatic heterocycles. The maximum atomic E-state index is 12.7. The zero-order valence-corrected chi connectivity index (χ0v) is 17.9. The number of amides is 2. The highest BCUT2D eigenvalue weighted by Gasteiger charge is 2.35. The Balaban J connectivity index is 1.35. The third-order valence-corrected chi connectivity index (χ3v) is 6.07. The van der Waals surface area contributed by atoms with E-state index in [1.54, 1.807) is 35.4 Å². The highest BCUT2D eigenvalue weighted by atomic mass is 35.5. The molecule has 1 fully saturated rings. The van der Waals surface area contributed by atoms with Gasteiger partial charge in [-0.1, -0.05) is 60.1 Å². The van der Waals surface area contributed by atoms with Gasteiger partial charge in [0.05, 0.1) is 12.1 Å². The molecular formula is C26H20ClN3O2. The van der Waals surface area contributed by atoms with Crippen LogP contribution >= 0.6 is 11.6 Å². The SMILES string of the molecule is O=C(NN=Cc1c2ccccc2cc2ccccc12)C1CC(=O)N(c2ccc(Cl)cc2)C1. The lowest BCUT2D eigenvalue weighted by Gasteiger charge is -2.16. The van der Waals surface area contributed by atoms with Gasteiger partial charge in [-0.3, -0.25) is 9.59 Å². The maximum absolute atomic E-state index is 12.7. The molecule has 0 spiro atoms. The molecule has 1 aliphatic heterocycles. The number of nitrogens with one attached hydrogen (secondary N) is 1. The quantitative estimate of drug-likeness (QED) is 0.270. The van der Waals surface area contributed by atoms with Crippen molar-refractivity contribution in [1.82, 2.24) is 5.43 Å². The number of hydrazone groups is 1. The molecule has 4 aromatic rings. The molecule has 1 unspecified atom stereocenters. The molecule has 2 amide bonds. The highest BCUT2D eigenvalue weighted by Crippen LogP contribution is 2.28. The van der Waals surface area contributed by atoms with Crippen LogP contribution in [-0.2, 0) is 9.59 Å². The number of carbonyl (C=O) groups is 2. The van der Waals surface area contributed by atoms with Gasteiger partial charge in [0.25, 0.3) is 0 Å². The van der Waals surface area contributed by atoms with Crippen LogP contribution in [0.3, 0.4) is 0 Å². The summed E-state index contributed by atoms with van der Waals surface area (Å²) in [5.41, 5.74) is 4.32. The standard InChI is InChI=1S/C26H20ClN3O2/c27-20-9-11-21(12-10-20)30-16-19(14-25(30)31)26(32)29-28-15-24-22-7-3-1-5-17(22)13-18-6-2-4-8-23(18)24/h1-13,15,19H,14,16H2,(H,29,32). The van der Waals surface area contributed by atoms with Gasteiger partial charge in [0, 0.05) is 29.2 Å². The molecule has 6 heteroatoms. The Morgan fingerprint density at radius 2 is 1.59 bits per heavy atom. The van der Waals surface area contributed by atoms with Gasteiger partial charge in [-0.15, -0.1) is 0 Å². The normalized spacial score (nSPS) is 16.3. The Bertz CT molecular complexity index is 1310. The number of nitrogens with zero attached hydrogens (tertiary/aromatic N) is 2. The van der Waals surface area contributed by atoms with Gasteiger partial charge in [-0.2, -0.15) is 5.10 Å². The number of hydrogen-bond acceptors (Lipinski definition) is 3. The summed E-state index contributed by atoms with van der Waals surface area (Å²) < 4.78 is 0. The van der Waals surface area contributed by atoms with Crippen LogP contribution < -0.4 is 10.3 Å². The first-order valence-corrected chi connectivity index (χ1v) is 10.8. The van der Waals surface area contributed by atoms with E-state index in [2.05, 4.69) is 28.7 Å². The van der Waals surface area contributed by atoms with Crippen molar-refractivity contribution >= 4 is 56.9 Å². The van der Waals surface area contributed by atoms with Crippen molar-refractivity contribution in [2.45, 2.75) is 6.42 Å². The van der Waals surface area contributed by atoms with E-state index < -0.39 is 5.92 Å². The van der Waals surface area contributed by atoms with Gasteiger partial charge >= 0.3 is 0 Å². The number of halogens is 1. The van der Waals surface area contributed by atoms with Crippen LogP contribution in [0.25, 0.3) is 21.5 Å². The fourth-order valence-electron chi connectivity index (χ4n) is 4.19. The van der Waals surface area contributed by atoms with Crippen LogP contribution in [0.5, 0.6) is 0 Å². The lowest BCUT2D eigenvalue weighted by atomic mass is 9.97. The molecule has 0 radical (unpaired) electrons. The predicted octanol–water partition coefficient (Wildman–Crippen LogP) is 5.15. The van der Waals surface area contributed by atoms with E-state index >= 15 is 0 Å². The highest BCUT2D eigenvalue weighted by molar-refractivity contribution is 6.30. The van der Waals surface area contributed by atoms with Gasteiger partial charge < -0.3 is 4.90 Å². The van der Waals surface area contributed by atoms with Crippen LogP contribution in [0.2, 0.25) is 5.02 Å². The summed E-state index contributed by atoms with van der Waals surface area (Å²) in [7, 11) is 0. The zero-order valence-electron chi connectivity index (χ0n) is 17.2. The van der Waals surface area contributed by atoms with Crippen LogP contribution in [0.15, 0.2) is 84.0 Å². The minimum Gasteiger partial charge on any atom is -0.312 e. The van der Waals surface area contributed by atoms with Crippen molar-refractivity contribution in [3.05, 3.63) is 89.4 Å². The molecule has 32 heavy (non-hydrogen) atoms. The van der Waals surface area contributed by atoms with Crippen LogP contribution in [0, 0.1) is 5.92 Å². The topological polar surface area (TPSA) is 61.8 Å². The fraction of sp³-hybridized carbons (Fsp3) is 0.115. The molecule has 1 atom stereocenters. The zero-order chi connectivity index (χ0) is 22.1. The molecule has 1 aliphatic rings. The Morgan fingerprint density at radius 3 is 2.25 bits per heavy atom. The van der Waals surface area contributed by atoms with Crippen molar-refractivity contribution in [3.8, 4) is 0 Å². The Morgan fingerprint density at radius 1 is 0.969 bits per heavy atom. The summed E-state index contributed by atoms with van der Waals surface area (Å²) in [5, 5.41) is 9.20. The minimum absolute atomic E-state index is 0.0866. The molecular weight excluding hydrogens is 422 g/mol. The third kappa shape index (κ3) is 3.83. The minimum atomic E-state index is -0.459. The first kappa shape index (κ1) is 20.2. The largest absolute Gasteiger partial charge is 0.312 e. The lowest BCUT2D eigenvalue weighted by Crippen LogP contribution is -2.30. The van der Waals surface area contributed by atoms with Crippen molar-refractivity contribution in [2.24, 2.45) is 11.0 Å². The van der Waals surface area contributed by atoms with Gasteiger partial charge in [-0.05, 0) is 51.9 Å². The average molecular weight is 442 g/mol. The van der Waals surface area contributed by atoms with Gasteiger partial charge in [0.15, 0.2) is 0 Å². The summed E-state index contributed by atoms with van der Waals surface area (Å²) in [5.74, 6) is -0.813. The van der Waals surface area contributed by atoms with E-state index in [0.29, 0.717) is 11.6 Å². The Kier molecular flexibility index (Phi) is 5.33. The Labute approximate surface area is 190 Å². The molecule has 1 N–H and O–H groups in total. The molecule has 4 aromatic carbocycles. The summed E-state index contributed by atoms with van der Waals surface area (Å²) in [4.78, 5) is 26.8. The van der Waals surface area contributed by atoms with Crippen molar-refractivity contribution in [2.75, 3.05) is 11.4 Å². The summed E-state index contributed by atoms with van der Waals surface area (Å²) in [6.45, 7) is 0.318. The smallest absolute Gasteiger partial charge is 0.245 e. The second kappa shape index (κ2) is 8.44. The number of hydrogen-bond donors (Lipinski definition) is 1. The third-order valence-electron chi connectivity index (χ3n) is 5.82. The number of fused-ring (bicyclic) bond motifs is 2. The maximum Gasteiger partial charge on any atom is 0.245 e. The molecule has 0 aliphatic carbocycles. The van der Waals surface area contributed by atoms with E-state index in [1.807, 2.05) is 36.4 Å². The summed E-state index contributed by atoms with van der Waals surface area (Å²) >= 11 is 5.93. The van der Waals surface area contributed by atoms with E-state index in [1.165, 1.54) is 0 Å². The van der Waals surface area contributed by atoms with E-state index in [0.717, 1.165) is 32.8 Å². The van der Waals surface area contributed by atoms with Crippen molar-refractivity contribution in [3.63, 3.8) is 0 Å². The van der Waals surface area contributed by atoms with E-state index in [-0.39, 0.29) is 18.2 Å². The second-order valence-corrected chi connectivity index (χ2v) is 8.29. The molecule has 1 saturated heterocycles. The predicted molar refractivity (Wildman–Crippen MR) is 129 cm³/mol. The fourth-order valence-corrected chi connectivity index (χ4v) is 4.32. The van der Waals surface area contributed by atoms with Gasteiger partial charge in [0.2, 0.25) is 11.8 Å². The second-order valence-electron chi connectivity index (χ2n) is 7.85. The first-order chi connectivity index (χ1) is 15.6. The van der Waals surface area contributed by atoms with Crippen molar-refractivity contribution < 1.29 is 9.59 Å². The average Bonchev–Trinajstić information content (AvgIpc) is 3.20. The molecule has 1 heterocycles. The van der Waals surface area contributed by atoms with Crippen LogP contribution in [-0.4, -0.2) is 24.6 Å². The monoisotopic (exact) mass is 441 g/mol. The number of benzene rings is 4. The molecule has 5 nitrogen and oxygen atoms in total. The number of anilines is 1. The Hall–Kier alpha value is -3.70. The van der Waals surface area contributed by atoms with Gasteiger partial charge in [-0.25, -0.2) is 5.43 Å². The lowest BCUT2D eigenvalue weighted by molar-refractivity contribution is -0.126. The van der Waals surface area contributed by atoms with Crippen LogP contribution in [0.1, 0.15) is 12.0 Å². The molecule has 158 valence electrons. The summed E-state index contributed by atoms with van der Waals surface area (Å²) in [6.07, 6.45) is 1.84. The van der Waals surface area contributed by atoms with Crippen LogP contribution in [0.4, 0.5) is 5.69 Å². The molecule has 0 bridgehead atoms.